The fourth-order valence-corrected chi connectivity index (χ4v) is 2.91. The van der Waals surface area contributed by atoms with Crippen LogP contribution in [0.15, 0.2) is 18.2 Å². The van der Waals surface area contributed by atoms with Gasteiger partial charge in [-0.1, -0.05) is 26.0 Å². The summed E-state index contributed by atoms with van der Waals surface area (Å²) in [7, 11) is 1.60. The van der Waals surface area contributed by atoms with Crippen molar-refractivity contribution in [1.82, 2.24) is 5.32 Å². The summed E-state index contributed by atoms with van der Waals surface area (Å²) in [4.78, 5) is 11.9. The van der Waals surface area contributed by atoms with E-state index in [9.17, 15) is 9.90 Å². The van der Waals surface area contributed by atoms with E-state index in [1.54, 1.807) is 7.11 Å². The van der Waals surface area contributed by atoms with Crippen LogP contribution in [0.4, 0.5) is 0 Å². The smallest absolute Gasteiger partial charge is 0.314 e. The summed E-state index contributed by atoms with van der Waals surface area (Å²) < 4.78 is 5.42. The Labute approximate surface area is 120 Å². The molecular formula is C16H23NO3. The molecule has 0 unspecified atom stereocenters. The molecule has 0 bridgehead atoms. The van der Waals surface area contributed by atoms with Crippen molar-refractivity contribution >= 4 is 5.97 Å². The van der Waals surface area contributed by atoms with Crippen molar-refractivity contribution in [2.24, 2.45) is 0 Å². The summed E-state index contributed by atoms with van der Waals surface area (Å²) in [5, 5.41) is 13.0. The Bertz CT molecular complexity index is 490. The van der Waals surface area contributed by atoms with Crippen molar-refractivity contribution in [3.05, 3.63) is 29.3 Å². The number of carboxylic acid groups (broad SMARTS) is 1. The Morgan fingerprint density at radius 1 is 1.35 bits per heavy atom. The average molecular weight is 277 g/mol. The lowest BCUT2D eigenvalue weighted by Gasteiger charge is -2.35. The number of hydrogen-bond donors (Lipinski definition) is 2. The van der Waals surface area contributed by atoms with Crippen LogP contribution in [0.2, 0.25) is 0 Å². The number of benzene rings is 1. The third kappa shape index (κ3) is 2.52. The highest BCUT2D eigenvalue weighted by atomic mass is 16.5. The number of nitrogens with one attached hydrogen (secondary N) is 1. The maximum Gasteiger partial charge on any atom is 0.314 e. The van der Waals surface area contributed by atoms with Crippen molar-refractivity contribution in [2.75, 3.05) is 20.2 Å². The summed E-state index contributed by atoms with van der Waals surface area (Å²) in [5.74, 6) is 0.295. The van der Waals surface area contributed by atoms with Gasteiger partial charge in [-0.3, -0.25) is 4.79 Å². The molecular weight excluding hydrogens is 254 g/mol. The third-order valence-electron chi connectivity index (χ3n) is 4.27. The first-order chi connectivity index (χ1) is 9.51. The quantitative estimate of drug-likeness (QED) is 0.888. The largest absolute Gasteiger partial charge is 0.496 e. The van der Waals surface area contributed by atoms with Crippen molar-refractivity contribution in [1.29, 1.82) is 0 Å². The van der Waals surface area contributed by atoms with E-state index in [0.717, 1.165) is 24.2 Å². The highest BCUT2D eigenvalue weighted by molar-refractivity contribution is 5.83. The van der Waals surface area contributed by atoms with Gasteiger partial charge in [0.1, 0.15) is 5.75 Å². The molecule has 2 N–H and O–H groups in total. The molecule has 1 aliphatic heterocycles. The van der Waals surface area contributed by atoms with Gasteiger partial charge in [-0.2, -0.15) is 0 Å². The highest BCUT2D eigenvalue weighted by Gasteiger charge is 2.43. The maximum atomic E-state index is 11.9. The van der Waals surface area contributed by atoms with Crippen LogP contribution < -0.4 is 10.1 Å². The van der Waals surface area contributed by atoms with Gasteiger partial charge in [-0.15, -0.1) is 0 Å². The van der Waals surface area contributed by atoms with Crippen molar-refractivity contribution in [3.63, 3.8) is 0 Å². The van der Waals surface area contributed by atoms with Gasteiger partial charge in [0.05, 0.1) is 12.5 Å². The van der Waals surface area contributed by atoms with Crippen molar-refractivity contribution in [2.45, 2.75) is 38.0 Å². The van der Waals surface area contributed by atoms with E-state index in [4.69, 9.17) is 4.74 Å². The molecule has 4 nitrogen and oxygen atoms in total. The Kier molecular flexibility index (Phi) is 4.33. The minimum absolute atomic E-state index is 0.368. The summed E-state index contributed by atoms with van der Waals surface area (Å²) in [6.45, 7) is 5.67. The molecule has 0 aromatic heterocycles. The first kappa shape index (κ1) is 14.9. The van der Waals surface area contributed by atoms with Crippen LogP contribution >= 0.6 is 0 Å². The molecule has 0 aliphatic carbocycles. The molecule has 2 rings (SSSR count). The Balaban J connectivity index is 2.56. The predicted octanol–water partition coefficient (Wildman–Crippen LogP) is 2.52. The Morgan fingerprint density at radius 2 is 2.00 bits per heavy atom. The number of rotatable bonds is 4. The van der Waals surface area contributed by atoms with E-state index in [1.807, 2.05) is 18.2 Å². The molecule has 1 aromatic rings. The van der Waals surface area contributed by atoms with Crippen molar-refractivity contribution in [3.8, 4) is 5.75 Å². The number of carboxylic acids is 1. The zero-order valence-corrected chi connectivity index (χ0v) is 12.4. The molecule has 1 heterocycles. The molecule has 0 atom stereocenters. The molecule has 1 aromatic carbocycles. The Morgan fingerprint density at radius 3 is 2.50 bits per heavy atom. The van der Waals surface area contributed by atoms with Gasteiger partial charge in [0, 0.05) is 5.56 Å². The monoisotopic (exact) mass is 277 g/mol. The number of methoxy groups -OCH3 is 1. The number of piperidine rings is 1. The lowest BCUT2D eigenvalue weighted by molar-refractivity contribution is -0.145. The zero-order chi connectivity index (χ0) is 14.8. The van der Waals surface area contributed by atoms with E-state index < -0.39 is 11.4 Å². The number of ether oxygens (including phenoxy) is 1. The van der Waals surface area contributed by atoms with Gasteiger partial charge in [0.25, 0.3) is 0 Å². The lowest BCUT2D eigenvalue weighted by Crippen LogP contribution is -2.45. The normalized spacial score (nSPS) is 18.0. The lowest BCUT2D eigenvalue weighted by atomic mass is 9.72. The summed E-state index contributed by atoms with van der Waals surface area (Å²) in [6, 6.07) is 5.93. The average Bonchev–Trinajstić information content (AvgIpc) is 2.47. The van der Waals surface area contributed by atoms with Crippen LogP contribution in [0.3, 0.4) is 0 Å². The van der Waals surface area contributed by atoms with Gasteiger partial charge in [0.15, 0.2) is 0 Å². The Hall–Kier alpha value is -1.55. The SMILES string of the molecule is COc1ccc(C(C)C)cc1C1(C(=O)O)CCNCC1. The van der Waals surface area contributed by atoms with Crippen molar-refractivity contribution < 1.29 is 14.6 Å². The van der Waals surface area contributed by atoms with Crippen LogP contribution in [0.1, 0.15) is 43.7 Å². The second-order valence-corrected chi connectivity index (χ2v) is 5.75. The number of carbonyl (C=O) groups is 1. The highest BCUT2D eigenvalue weighted by Crippen LogP contribution is 2.40. The second-order valence-electron chi connectivity index (χ2n) is 5.75. The first-order valence-corrected chi connectivity index (χ1v) is 7.14. The fourth-order valence-electron chi connectivity index (χ4n) is 2.91. The van der Waals surface area contributed by atoms with Crippen LogP contribution in [0, 0.1) is 0 Å². The summed E-state index contributed by atoms with van der Waals surface area (Å²) in [5.41, 5.74) is 1.14. The predicted molar refractivity (Wildman–Crippen MR) is 78.5 cm³/mol. The minimum Gasteiger partial charge on any atom is -0.496 e. The first-order valence-electron chi connectivity index (χ1n) is 7.14. The molecule has 1 aliphatic rings. The zero-order valence-electron chi connectivity index (χ0n) is 12.4. The molecule has 4 heteroatoms. The van der Waals surface area contributed by atoms with Gasteiger partial charge >= 0.3 is 5.97 Å². The fraction of sp³-hybridized carbons (Fsp3) is 0.562. The van der Waals surface area contributed by atoms with Crippen LogP contribution in [0.5, 0.6) is 5.75 Å². The van der Waals surface area contributed by atoms with Crippen LogP contribution in [-0.2, 0) is 10.2 Å². The minimum atomic E-state index is -0.832. The number of hydrogen-bond acceptors (Lipinski definition) is 3. The molecule has 20 heavy (non-hydrogen) atoms. The van der Waals surface area contributed by atoms with E-state index in [2.05, 4.69) is 19.2 Å². The molecule has 0 saturated carbocycles. The van der Waals surface area contributed by atoms with Crippen LogP contribution in [0.25, 0.3) is 0 Å². The maximum absolute atomic E-state index is 11.9. The third-order valence-corrected chi connectivity index (χ3v) is 4.27. The molecule has 0 radical (unpaired) electrons. The van der Waals surface area contributed by atoms with E-state index in [0.29, 0.717) is 24.5 Å². The van der Waals surface area contributed by atoms with Gasteiger partial charge < -0.3 is 15.2 Å². The molecule has 1 saturated heterocycles. The summed E-state index contributed by atoms with van der Waals surface area (Å²) >= 11 is 0. The van der Waals surface area contributed by atoms with E-state index in [1.165, 1.54) is 0 Å². The molecule has 1 fully saturated rings. The van der Waals surface area contributed by atoms with E-state index >= 15 is 0 Å². The second kappa shape index (κ2) is 5.83. The topological polar surface area (TPSA) is 58.6 Å². The molecule has 110 valence electrons. The summed E-state index contributed by atoms with van der Waals surface area (Å²) in [6.07, 6.45) is 1.19. The van der Waals surface area contributed by atoms with Gasteiger partial charge in [0.2, 0.25) is 0 Å². The molecule has 0 amide bonds. The van der Waals surface area contributed by atoms with Gasteiger partial charge in [-0.25, -0.2) is 0 Å². The molecule has 0 spiro atoms. The standard InChI is InChI=1S/C16H23NO3/c1-11(2)12-4-5-14(20-3)13(10-12)16(15(18)19)6-8-17-9-7-16/h4-5,10-11,17H,6-9H2,1-3H3,(H,18,19). The number of aliphatic carboxylic acids is 1. The van der Waals surface area contributed by atoms with E-state index in [-0.39, 0.29) is 0 Å². The van der Waals surface area contributed by atoms with Crippen LogP contribution in [-0.4, -0.2) is 31.3 Å². The van der Waals surface area contributed by atoms with Gasteiger partial charge in [-0.05, 0) is 43.5 Å².